The third-order valence-electron chi connectivity index (χ3n) is 8.32. The van der Waals surface area contributed by atoms with Crippen molar-refractivity contribution in [2.45, 2.75) is 108 Å². The molecule has 1 saturated carbocycles. The summed E-state index contributed by atoms with van der Waals surface area (Å²) in [5.41, 5.74) is 1.65. The number of methoxy groups -OCH3 is 1. The molecular formula is C30H44N2O7. The van der Waals surface area contributed by atoms with Crippen LogP contribution < -0.4 is 14.8 Å². The Morgan fingerprint density at radius 1 is 1.13 bits per heavy atom. The highest BCUT2D eigenvalue weighted by Crippen LogP contribution is 2.51. The minimum atomic E-state index is -1.07. The molecule has 1 fully saturated rings. The first kappa shape index (κ1) is 29.4. The van der Waals surface area contributed by atoms with Gasteiger partial charge in [-0.25, -0.2) is 0 Å². The fourth-order valence-corrected chi connectivity index (χ4v) is 6.39. The standard InChI is InChI=1S/C30H44N2O7/c1-3-4-5-6-7-12-25(35)32(20-10-8-9-11-20)23-17-22(30(37)31-13-14-33)26-21-15-19(18-34)16-24(38-2)28(21)39-29(26)27(23)36/h15-17,20,23,26-27,29,33-34,36H,3-14,18H2,1-2H3,(H,31,37)/t23-,26+,27+,29+/m1/s1. The zero-order chi connectivity index (χ0) is 27.9. The van der Waals surface area contributed by atoms with Crippen molar-refractivity contribution in [1.29, 1.82) is 0 Å². The van der Waals surface area contributed by atoms with Gasteiger partial charge in [-0.05, 0) is 43.0 Å². The molecule has 4 N–H and O–H groups in total. The second-order valence-electron chi connectivity index (χ2n) is 10.9. The van der Waals surface area contributed by atoms with Crippen molar-refractivity contribution < 1.29 is 34.4 Å². The predicted molar refractivity (Wildman–Crippen MR) is 147 cm³/mol. The van der Waals surface area contributed by atoms with Crippen LogP contribution in [-0.4, -0.2) is 76.6 Å². The highest BCUT2D eigenvalue weighted by Gasteiger charge is 2.52. The minimum Gasteiger partial charge on any atom is -0.493 e. The molecule has 9 heteroatoms. The lowest BCUT2D eigenvalue weighted by Crippen LogP contribution is -2.58. The van der Waals surface area contributed by atoms with E-state index in [0.717, 1.165) is 57.8 Å². The number of benzene rings is 1. The summed E-state index contributed by atoms with van der Waals surface area (Å²) in [4.78, 5) is 29.0. The number of fused-ring (bicyclic) bond motifs is 3. The molecule has 1 aromatic carbocycles. The average Bonchev–Trinajstić information content (AvgIpc) is 3.61. The van der Waals surface area contributed by atoms with Crippen molar-refractivity contribution in [1.82, 2.24) is 10.2 Å². The second kappa shape index (κ2) is 13.6. The van der Waals surface area contributed by atoms with Crippen LogP contribution in [0.15, 0.2) is 23.8 Å². The quantitative estimate of drug-likeness (QED) is 0.281. The number of hydrogen-bond donors (Lipinski definition) is 4. The van der Waals surface area contributed by atoms with Crippen molar-refractivity contribution >= 4 is 11.8 Å². The molecule has 39 heavy (non-hydrogen) atoms. The third kappa shape index (κ3) is 6.26. The molecule has 9 nitrogen and oxygen atoms in total. The van der Waals surface area contributed by atoms with Gasteiger partial charge in [0.15, 0.2) is 11.5 Å². The summed E-state index contributed by atoms with van der Waals surface area (Å²) in [6, 6.07) is 2.74. The Morgan fingerprint density at radius 2 is 1.87 bits per heavy atom. The molecule has 1 aliphatic heterocycles. The van der Waals surface area contributed by atoms with E-state index >= 15 is 0 Å². The van der Waals surface area contributed by atoms with Gasteiger partial charge in [0.1, 0.15) is 12.2 Å². The van der Waals surface area contributed by atoms with Gasteiger partial charge in [0.2, 0.25) is 11.8 Å². The molecule has 0 saturated heterocycles. The zero-order valence-electron chi connectivity index (χ0n) is 23.2. The van der Waals surface area contributed by atoms with E-state index in [2.05, 4.69) is 12.2 Å². The van der Waals surface area contributed by atoms with Crippen molar-refractivity contribution in [3.05, 3.63) is 34.9 Å². The molecule has 0 bridgehead atoms. The molecule has 2 aliphatic carbocycles. The van der Waals surface area contributed by atoms with Gasteiger partial charge in [-0.1, -0.05) is 45.4 Å². The first-order chi connectivity index (χ1) is 18.9. The number of unbranched alkanes of at least 4 members (excludes halogenated alkanes) is 4. The van der Waals surface area contributed by atoms with Crippen LogP contribution in [0.2, 0.25) is 0 Å². The Labute approximate surface area is 231 Å². The van der Waals surface area contributed by atoms with E-state index in [1.54, 1.807) is 18.2 Å². The SMILES string of the molecule is CCCCCCCC(=O)N(C1CCCC1)[C@@H]1C=C(C(=O)NCCO)[C@@H]2c3cc(CO)cc(OC)c3O[C@@H]2[C@H]1O. The highest BCUT2D eigenvalue weighted by atomic mass is 16.5. The molecule has 0 spiro atoms. The monoisotopic (exact) mass is 544 g/mol. The number of hydrogen-bond acceptors (Lipinski definition) is 7. The third-order valence-corrected chi connectivity index (χ3v) is 8.32. The van der Waals surface area contributed by atoms with Crippen LogP contribution in [-0.2, 0) is 16.2 Å². The Kier molecular flexibility index (Phi) is 10.3. The van der Waals surface area contributed by atoms with Crippen molar-refractivity contribution in [3.63, 3.8) is 0 Å². The number of carbonyl (C=O) groups excluding carboxylic acids is 2. The van der Waals surface area contributed by atoms with E-state index in [-0.39, 0.29) is 37.6 Å². The Balaban J connectivity index is 1.71. The summed E-state index contributed by atoms with van der Waals surface area (Å²) in [7, 11) is 1.51. The van der Waals surface area contributed by atoms with E-state index in [0.29, 0.717) is 34.6 Å². The lowest BCUT2D eigenvalue weighted by atomic mass is 9.77. The first-order valence-corrected chi connectivity index (χ1v) is 14.5. The fraction of sp³-hybridized carbons (Fsp3) is 0.667. The van der Waals surface area contributed by atoms with Gasteiger partial charge >= 0.3 is 0 Å². The smallest absolute Gasteiger partial charge is 0.247 e. The normalized spacial score (nSPS) is 24.0. The Hall–Kier alpha value is -2.62. The van der Waals surface area contributed by atoms with Crippen LogP contribution >= 0.6 is 0 Å². The summed E-state index contributed by atoms with van der Waals surface area (Å²) in [5, 5.41) is 33.7. The number of aliphatic hydroxyl groups is 3. The van der Waals surface area contributed by atoms with Gasteiger partial charge in [-0.2, -0.15) is 0 Å². The fourth-order valence-electron chi connectivity index (χ4n) is 6.39. The van der Waals surface area contributed by atoms with Crippen LogP contribution in [0.1, 0.15) is 88.2 Å². The number of carbonyl (C=O) groups is 2. The van der Waals surface area contributed by atoms with Crippen molar-refractivity contribution in [2.75, 3.05) is 20.3 Å². The maximum absolute atomic E-state index is 13.7. The van der Waals surface area contributed by atoms with Crippen LogP contribution in [0.3, 0.4) is 0 Å². The number of aliphatic hydroxyl groups excluding tert-OH is 3. The molecule has 0 aromatic heterocycles. The van der Waals surface area contributed by atoms with Gasteiger partial charge in [-0.15, -0.1) is 0 Å². The number of ether oxygens (including phenoxy) is 2. The van der Waals surface area contributed by atoms with E-state index in [4.69, 9.17) is 9.47 Å². The first-order valence-electron chi connectivity index (χ1n) is 14.5. The van der Waals surface area contributed by atoms with Gasteiger partial charge < -0.3 is 35.0 Å². The largest absolute Gasteiger partial charge is 0.493 e. The molecule has 2 amide bonds. The lowest BCUT2D eigenvalue weighted by Gasteiger charge is -2.43. The number of nitrogens with one attached hydrogen (secondary N) is 1. The molecule has 0 unspecified atom stereocenters. The lowest BCUT2D eigenvalue weighted by molar-refractivity contribution is -0.140. The molecule has 1 heterocycles. The summed E-state index contributed by atoms with van der Waals surface area (Å²) in [5.74, 6) is -0.137. The number of rotatable bonds is 13. The zero-order valence-corrected chi connectivity index (χ0v) is 23.2. The summed E-state index contributed by atoms with van der Waals surface area (Å²) in [6.45, 7) is 1.82. The van der Waals surface area contributed by atoms with E-state index in [9.17, 15) is 24.9 Å². The molecule has 3 aliphatic rings. The van der Waals surface area contributed by atoms with Crippen LogP contribution in [0.5, 0.6) is 11.5 Å². The van der Waals surface area contributed by atoms with E-state index < -0.39 is 24.2 Å². The van der Waals surface area contributed by atoms with Gasteiger partial charge in [0, 0.05) is 30.1 Å². The molecule has 4 atom stereocenters. The van der Waals surface area contributed by atoms with Crippen LogP contribution in [0.4, 0.5) is 0 Å². The maximum Gasteiger partial charge on any atom is 0.247 e. The molecule has 0 radical (unpaired) electrons. The number of amides is 2. The van der Waals surface area contributed by atoms with E-state index in [1.165, 1.54) is 7.11 Å². The summed E-state index contributed by atoms with van der Waals surface area (Å²) >= 11 is 0. The Bertz CT molecular complexity index is 1040. The summed E-state index contributed by atoms with van der Waals surface area (Å²) < 4.78 is 11.8. The minimum absolute atomic E-state index is 0.00153. The van der Waals surface area contributed by atoms with Crippen molar-refractivity contribution in [3.8, 4) is 11.5 Å². The number of nitrogens with zero attached hydrogens (tertiary/aromatic N) is 1. The molecule has 1 aromatic rings. The average molecular weight is 545 g/mol. The molecular weight excluding hydrogens is 500 g/mol. The second-order valence-corrected chi connectivity index (χ2v) is 10.9. The maximum atomic E-state index is 13.7. The highest BCUT2D eigenvalue weighted by molar-refractivity contribution is 5.96. The summed E-state index contributed by atoms with van der Waals surface area (Å²) in [6.07, 6.45) is 9.24. The van der Waals surface area contributed by atoms with E-state index in [1.807, 2.05) is 4.90 Å². The predicted octanol–water partition coefficient (Wildman–Crippen LogP) is 2.94. The van der Waals surface area contributed by atoms with Gasteiger partial charge in [-0.3, -0.25) is 9.59 Å². The van der Waals surface area contributed by atoms with Crippen LogP contribution in [0, 0.1) is 0 Å². The molecule has 4 rings (SSSR count). The van der Waals surface area contributed by atoms with Crippen molar-refractivity contribution in [2.24, 2.45) is 0 Å². The van der Waals surface area contributed by atoms with Crippen LogP contribution in [0.25, 0.3) is 0 Å². The van der Waals surface area contributed by atoms with Gasteiger partial charge in [0.25, 0.3) is 0 Å². The van der Waals surface area contributed by atoms with Gasteiger partial charge in [0.05, 0.1) is 32.3 Å². The molecule has 216 valence electrons. The Morgan fingerprint density at radius 3 is 2.54 bits per heavy atom. The topological polar surface area (TPSA) is 129 Å².